The molecule has 0 amide bonds. The zero-order valence-electron chi connectivity index (χ0n) is 10.3. The smallest absolute Gasteiger partial charge is 0.305 e. The molecule has 0 spiro atoms. The number of carbonyl (C=O) groups is 1. The van der Waals surface area contributed by atoms with E-state index in [0.29, 0.717) is 25.7 Å². The fourth-order valence-electron chi connectivity index (χ4n) is 2.34. The zero-order chi connectivity index (χ0) is 12.7. The van der Waals surface area contributed by atoms with Crippen molar-refractivity contribution in [3.63, 3.8) is 0 Å². The van der Waals surface area contributed by atoms with Crippen LogP contribution in [-0.4, -0.2) is 31.0 Å². The van der Waals surface area contributed by atoms with Gasteiger partial charge in [-0.25, -0.2) is 4.39 Å². The lowest BCUT2D eigenvalue weighted by molar-refractivity contribution is -0.140. The van der Waals surface area contributed by atoms with E-state index < -0.39 is 6.17 Å². The van der Waals surface area contributed by atoms with E-state index in [0.717, 1.165) is 6.42 Å². The van der Waals surface area contributed by atoms with Crippen molar-refractivity contribution in [2.75, 3.05) is 13.7 Å². The van der Waals surface area contributed by atoms with Gasteiger partial charge in [0.05, 0.1) is 7.11 Å². The first-order chi connectivity index (χ1) is 8.19. The number of aliphatic hydroxyl groups is 1. The fraction of sp³-hybridized carbons (Fsp3) is 0.769. The van der Waals surface area contributed by atoms with Gasteiger partial charge in [0.15, 0.2) is 0 Å². The summed E-state index contributed by atoms with van der Waals surface area (Å²) in [7, 11) is 1.37. The highest BCUT2D eigenvalue weighted by Gasteiger charge is 2.34. The molecule has 1 N–H and O–H groups in total. The molecule has 0 aromatic rings. The predicted octanol–water partition coefficient (Wildman–Crippen LogP) is 2.24. The average molecular weight is 244 g/mol. The second kappa shape index (κ2) is 7.43. The first kappa shape index (κ1) is 14.2. The highest BCUT2D eigenvalue weighted by molar-refractivity contribution is 5.69. The Morgan fingerprint density at radius 3 is 2.88 bits per heavy atom. The second-order valence-electron chi connectivity index (χ2n) is 4.52. The number of allylic oxidation sites excluding steroid dienone is 2. The summed E-state index contributed by atoms with van der Waals surface area (Å²) in [6.45, 7) is 0.0705. The maximum absolute atomic E-state index is 13.5. The van der Waals surface area contributed by atoms with Gasteiger partial charge in [-0.1, -0.05) is 12.2 Å². The Hall–Kier alpha value is -0.900. The van der Waals surface area contributed by atoms with Crippen molar-refractivity contribution < 1.29 is 19.0 Å². The standard InChI is InChI=1S/C13H21FO3/c1-17-13(16)6-4-2-3-5-11-10(9-15)7-8-12(11)14/h2-3,10-12,15H,4-9H2,1H3/b3-2-/t10-,11-,12-/m1/s1. The minimum atomic E-state index is -0.794. The van der Waals surface area contributed by atoms with Gasteiger partial charge in [0.1, 0.15) is 6.17 Å². The first-order valence-corrected chi connectivity index (χ1v) is 6.15. The highest BCUT2D eigenvalue weighted by atomic mass is 19.1. The SMILES string of the molecule is COC(=O)CC/C=C\C[C@@H]1[C@@H](CO)CC[C@H]1F. The third-order valence-corrected chi connectivity index (χ3v) is 3.44. The molecular formula is C13H21FO3. The number of methoxy groups -OCH3 is 1. The molecule has 0 saturated heterocycles. The van der Waals surface area contributed by atoms with Gasteiger partial charge in [0, 0.05) is 13.0 Å². The van der Waals surface area contributed by atoms with E-state index in [1.807, 2.05) is 12.2 Å². The molecule has 1 rings (SSSR count). The first-order valence-electron chi connectivity index (χ1n) is 6.15. The molecule has 1 fully saturated rings. The summed E-state index contributed by atoms with van der Waals surface area (Å²) >= 11 is 0. The molecule has 3 atom stereocenters. The Morgan fingerprint density at radius 2 is 2.24 bits per heavy atom. The molecule has 17 heavy (non-hydrogen) atoms. The second-order valence-corrected chi connectivity index (χ2v) is 4.52. The number of carbonyl (C=O) groups excluding carboxylic acids is 1. The van der Waals surface area contributed by atoms with Crippen molar-refractivity contribution in [2.24, 2.45) is 11.8 Å². The molecule has 1 aliphatic carbocycles. The van der Waals surface area contributed by atoms with Crippen LogP contribution in [0.2, 0.25) is 0 Å². The molecule has 0 aromatic heterocycles. The van der Waals surface area contributed by atoms with Crippen molar-refractivity contribution in [2.45, 2.75) is 38.3 Å². The lowest BCUT2D eigenvalue weighted by Gasteiger charge is -2.16. The van der Waals surface area contributed by atoms with Gasteiger partial charge in [0.25, 0.3) is 0 Å². The minimum absolute atomic E-state index is 0.0608. The Morgan fingerprint density at radius 1 is 1.47 bits per heavy atom. The normalized spacial score (nSPS) is 28.8. The van der Waals surface area contributed by atoms with Crippen molar-refractivity contribution in [3.8, 4) is 0 Å². The maximum Gasteiger partial charge on any atom is 0.305 e. The summed E-state index contributed by atoms with van der Waals surface area (Å²) < 4.78 is 18.0. The van der Waals surface area contributed by atoms with Crippen LogP contribution in [-0.2, 0) is 9.53 Å². The van der Waals surface area contributed by atoms with Crippen LogP contribution in [0.5, 0.6) is 0 Å². The lowest BCUT2D eigenvalue weighted by Crippen LogP contribution is -2.17. The molecule has 0 heterocycles. The molecule has 0 bridgehead atoms. The molecule has 1 aliphatic rings. The van der Waals surface area contributed by atoms with Crippen molar-refractivity contribution in [3.05, 3.63) is 12.2 Å². The highest BCUT2D eigenvalue weighted by Crippen LogP contribution is 2.36. The number of esters is 1. The van der Waals surface area contributed by atoms with Crippen molar-refractivity contribution in [1.29, 1.82) is 0 Å². The predicted molar refractivity (Wildman–Crippen MR) is 63.2 cm³/mol. The third kappa shape index (κ3) is 4.46. The Kier molecular flexibility index (Phi) is 6.19. The number of alkyl halides is 1. The molecule has 98 valence electrons. The van der Waals surface area contributed by atoms with Crippen LogP contribution in [0.1, 0.15) is 32.1 Å². The molecule has 0 unspecified atom stereocenters. The van der Waals surface area contributed by atoms with Crippen LogP contribution in [0.15, 0.2) is 12.2 Å². The summed E-state index contributed by atoms with van der Waals surface area (Å²) in [5.41, 5.74) is 0. The van der Waals surface area contributed by atoms with Crippen LogP contribution in [0.3, 0.4) is 0 Å². The zero-order valence-corrected chi connectivity index (χ0v) is 10.3. The van der Waals surface area contributed by atoms with Crippen LogP contribution in [0.4, 0.5) is 4.39 Å². The summed E-state index contributed by atoms with van der Waals surface area (Å²) in [5.74, 6) is -0.197. The largest absolute Gasteiger partial charge is 0.469 e. The molecule has 4 heteroatoms. The van der Waals surface area contributed by atoms with E-state index in [-0.39, 0.29) is 24.4 Å². The van der Waals surface area contributed by atoms with E-state index in [9.17, 15) is 9.18 Å². The monoisotopic (exact) mass is 244 g/mol. The van der Waals surface area contributed by atoms with Crippen molar-refractivity contribution >= 4 is 5.97 Å². The lowest BCUT2D eigenvalue weighted by atomic mass is 9.92. The van der Waals surface area contributed by atoms with E-state index >= 15 is 0 Å². The van der Waals surface area contributed by atoms with E-state index in [1.165, 1.54) is 7.11 Å². The summed E-state index contributed by atoms with van der Waals surface area (Å²) in [6, 6.07) is 0. The minimum Gasteiger partial charge on any atom is -0.469 e. The number of hydrogen-bond donors (Lipinski definition) is 1. The Labute approximate surface area is 102 Å². The number of hydrogen-bond acceptors (Lipinski definition) is 3. The molecule has 0 radical (unpaired) electrons. The molecule has 3 nitrogen and oxygen atoms in total. The number of rotatable bonds is 6. The van der Waals surface area contributed by atoms with Gasteiger partial charge in [0.2, 0.25) is 0 Å². The van der Waals surface area contributed by atoms with Crippen LogP contribution >= 0.6 is 0 Å². The van der Waals surface area contributed by atoms with Crippen LogP contribution in [0.25, 0.3) is 0 Å². The van der Waals surface area contributed by atoms with Crippen LogP contribution < -0.4 is 0 Å². The molecule has 0 aromatic carbocycles. The fourth-order valence-corrected chi connectivity index (χ4v) is 2.34. The van der Waals surface area contributed by atoms with Gasteiger partial charge >= 0.3 is 5.97 Å². The van der Waals surface area contributed by atoms with Gasteiger partial charge in [-0.05, 0) is 37.5 Å². The Balaban J connectivity index is 2.24. The van der Waals surface area contributed by atoms with Gasteiger partial charge < -0.3 is 9.84 Å². The molecule has 1 saturated carbocycles. The topological polar surface area (TPSA) is 46.5 Å². The Bertz CT molecular complexity index is 265. The van der Waals surface area contributed by atoms with Crippen LogP contribution in [0, 0.1) is 11.8 Å². The van der Waals surface area contributed by atoms with E-state index in [2.05, 4.69) is 4.74 Å². The average Bonchev–Trinajstić information content (AvgIpc) is 2.69. The van der Waals surface area contributed by atoms with Gasteiger partial charge in [-0.2, -0.15) is 0 Å². The van der Waals surface area contributed by atoms with Gasteiger partial charge in [-0.3, -0.25) is 4.79 Å². The van der Waals surface area contributed by atoms with Crippen molar-refractivity contribution in [1.82, 2.24) is 0 Å². The van der Waals surface area contributed by atoms with Gasteiger partial charge in [-0.15, -0.1) is 0 Å². The quantitative estimate of drug-likeness (QED) is 0.576. The maximum atomic E-state index is 13.5. The number of ether oxygens (including phenoxy) is 1. The van der Waals surface area contributed by atoms with E-state index in [1.54, 1.807) is 0 Å². The third-order valence-electron chi connectivity index (χ3n) is 3.44. The molecular weight excluding hydrogens is 223 g/mol. The number of aliphatic hydroxyl groups excluding tert-OH is 1. The summed E-state index contributed by atoms with van der Waals surface area (Å²) in [5, 5.41) is 9.11. The molecule has 0 aliphatic heterocycles. The number of halogens is 1. The summed E-state index contributed by atoms with van der Waals surface area (Å²) in [6.07, 6.45) is 5.97. The summed E-state index contributed by atoms with van der Waals surface area (Å²) in [4.78, 5) is 10.8. The van der Waals surface area contributed by atoms with E-state index in [4.69, 9.17) is 5.11 Å².